The molecule has 6 rings (SSSR count). The molecule has 2 aromatic heterocycles. The Balaban J connectivity index is 1.47. The van der Waals surface area contributed by atoms with Crippen LogP contribution in [0.2, 0.25) is 5.02 Å². The van der Waals surface area contributed by atoms with Crippen molar-refractivity contribution in [2.45, 2.75) is 32.4 Å². The van der Waals surface area contributed by atoms with Gasteiger partial charge in [0.2, 0.25) is 0 Å². The van der Waals surface area contributed by atoms with E-state index in [4.69, 9.17) is 16.7 Å². The first kappa shape index (κ1) is 23.8. The van der Waals surface area contributed by atoms with Gasteiger partial charge in [-0.3, -0.25) is 4.79 Å². The molecule has 2 N–H and O–H groups in total. The molecule has 3 aromatic carbocycles. The Labute approximate surface area is 228 Å². The van der Waals surface area contributed by atoms with Crippen LogP contribution in [0.4, 0.5) is 11.4 Å². The lowest BCUT2D eigenvalue weighted by molar-refractivity contribution is 0.102. The van der Waals surface area contributed by atoms with E-state index in [0.717, 1.165) is 58.6 Å². The molecule has 0 fully saturated rings. The highest BCUT2D eigenvalue weighted by molar-refractivity contribution is 9.10. The first-order valence-corrected chi connectivity index (χ1v) is 13.5. The fourth-order valence-corrected chi connectivity index (χ4v) is 5.42. The van der Waals surface area contributed by atoms with Gasteiger partial charge in [-0.1, -0.05) is 57.9 Å². The Bertz CT molecular complexity index is 1570. The van der Waals surface area contributed by atoms with Crippen LogP contribution in [0.15, 0.2) is 83.3 Å². The topological polar surface area (TPSA) is 63.4 Å². The van der Waals surface area contributed by atoms with Crippen LogP contribution >= 0.6 is 27.5 Å². The van der Waals surface area contributed by atoms with Gasteiger partial charge in [-0.15, -0.1) is 0 Å². The van der Waals surface area contributed by atoms with E-state index >= 15 is 0 Å². The summed E-state index contributed by atoms with van der Waals surface area (Å²) >= 11 is 9.55. The summed E-state index contributed by atoms with van der Waals surface area (Å²) in [5.74, 6) is 0.710. The Hall–Kier alpha value is -3.55. The van der Waals surface area contributed by atoms with Crippen molar-refractivity contribution in [2.24, 2.45) is 0 Å². The molecule has 1 aliphatic heterocycles. The third-order valence-electron chi connectivity index (χ3n) is 6.74. The van der Waals surface area contributed by atoms with Gasteiger partial charge in [-0.05, 0) is 73.4 Å². The Kier molecular flexibility index (Phi) is 6.49. The monoisotopic (exact) mass is 573 g/mol. The molecule has 0 aliphatic carbocycles. The zero-order chi connectivity index (χ0) is 25.4. The lowest BCUT2D eigenvalue weighted by atomic mass is 9.98. The van der Waals surface area contributed by atoms with Crippen LogP contribution in [0.25, 0.3) is 16.8 Å². The fraction of sp³-hybridized carbons (Fsp3) is 0.172. The van der Waals surface area contributed by atoms with Crippen molar-refractivity contribution in [1.82, 2.24) is 14.2 Å². The maximum Gasteiger partial charge on any atom is 0.275 e. The molecule has 186 valence electrons. The van der Waals surface area contributed by atoms with Crippen LogP contribution in [0, 0.1) is 0 Å². The van der Waals surface area contributed by atoms with E-state index in [-0.39, 0.29) is 5.91 Å². The second kappa shape index (κ2) is 10.1. The van der Waals surface area contributed by atoms with Crippen LogP contribution in [0.1, 0.15) is 34.7 Å². The van der Waals surface area contributed by atoms with Crippen LogP contribution in [0.5, 0.6) is 0 Å². The van der Waals surface area contributed by atoms with E-state index in [2.05, 4.69) is 43.3 Å². The Morgan fingerprint density at radius 1 is 0.946 bits per heavy atom. The van der Waals surface area contributed by atoms with Crippen molar-refractivity contribution < 1.29 is 4.79 Å². The molecule has 0 unspecified atom stereocenters. The minimum atomic E-state index is -0.194. The van der Waals surface area contributed by atoms with Crippen LogP contribution < -0.4 is 10.6 Å². The smallest absolute Gasteiger partial charge is 0.275 e. The summed E-state index contributed by atoms with van der Waals surface area (Å²) in [5.41, 5.74) is 6.41. The molecule has 6 nitrogen and oxygen atoms in total. The summed E-state index contributed by atoms with van der Waals surface area (Å²) in [6.45, 7) is 1.42. The molecule has 0 saturated heterocycles. The Morgan fingerprint density at radius 2 is 1.68 bits per heavy atom. The minimum Gasteiger partial charge on any atom is -0.378 e. The normalized spacial score (nSPS) is 12.9. The van der Waals surface area contributed by atoms with Crippen molar-refractivity contribution in [3.05, 3.63) is 105 Å². The van der Waals surface area contributed by atoms with Gasteiger partial charge in [-0.2, -0.15) is 5.10 Å². The predicted molar refractivity (Wildman–Crippen MR) is 152 cm³/mol. The van der Waals surface area contributed by atoms with Gasteiger partial charge in [0.25, 0.3) is 5.91 Å². The summed E-state index contributed by atoms with van der Waals surface area (Å²) in [7, 11) is 0. The molecule has 3 heterocycles. The highest BCUT2D eigenvalue weighted by atomic mass is 79.9. The number of hydrogen-bond donors (Lipinski definition) is 2. The lowest BCUT2D eigenvalue weighted by Crippen LogP contribution is -2.16. The van der Waals surface area contributed by atoms with E-state index in [1.54, 1.807) is 12.1 Å². The van der Waals surface area contributed by atoms with Crippen LogP contribution in [-0.2, 0) is 19.5 Å². The minimum absolute atomic E-state index is 0.194. The molecule has 1 aliphatic rings. The van der Waals surface area contributed by atoms with Gasteiger partial charge < -0.3 is 15.2 Å². The third-order valence-corrected chi connectivity index (χ3v) is 7.52. The summed E-state index contributed by atoms with van der Waals surface area (Å²) < 4.78 is 5.17. The lowest BCUT2D eigenvalue weighted by Gasteiger charge is -2.10. The van der Waals surface area contributed by atoms with Crippen molar-refractivity contribution >= 4 is 50.5 Å². The number of rotatable bonds is 6. The zero-order valence-corrected chi connectivity index (χ0v) is 22.4. The molecule has 8 heteroatoms. The fourth-order valence-electron chi connectivity index (χ4n) is 5.03. The molecule has 0 saturated carbocycles. The van der Waals surface area contributed by atoms with E-state index in [1.807, 2.05) is 59.1 Å². The van der Waals surface area contributed by atoms with Crippen molar-refractivity contribution in [3.63, 3.8) is 0 Å². The Morgan fingerprint density at radius 3 is 2.43 bits per heavy atom. The van der Waals surface area contributed by atoms with E-state index < -0.39 is 0 Å². The standard InChI is InChI=1S/C29H25BrClN5O/c30-20-9-13-22(14-10-20)32-18-25-34-36-27(28(37)33-23-15-11-21(31)12-16-23)26(19-6-2-1-3-7-19)24-8-4-5-17-35(25)29(24)36/h1-3,6-7,9-16,32H,4-5,8,17-18H2,(H,33,37). The second-order valence-electron chi connectivity index (χ2n) is 9.15. The molecule has 37 heavy (non-hydrogen) atoms. The van der Waals surface area contributed by atoms with Gasteiger partial charge in [0.05, 0.1) is 6.54 Å². The largest absolute Gasteiger partial charge is 0.378 e. The number of amides is 1. The number of aromatic nitrogens is 3. The van der Waals surface area contributed by atoms with Crippen molar-refractivity contribution in [2.75, 3.05) is 10.6 Å². The van der Waals surface area contributed by atoms with E-state index in [1.165, 1.54) is 5.56 Å². The number of carbonyl (C=O) groups excluding carboxylic acids is 1. The molecule has 0 bridgehead atoms. The summed E-state index contributed by atoms with van der Waals surface area (Å²) in [4.78, 5) is 13.8. The maximum absolute atomic E-state index is 13.8. The van der Waals surface area contributed by atoms with Gasteiger partial charge in [-0.25, -0.2) is 4.52 Å². The molecule has 0 spiro atoms. The number of carbonyl (C=O) groups is 1. The number of nitrogens with zero attached hydrogens (tertiary/aromatic N) is 3. The third kappa shape index (κ3) is 4.65. The molecule has 5 aromatic rings. The molecule has 0 atom stereocenters. The van der Waals surface area contributed by atoms with Crippen LogP contribution in [0.3, 0.4) is 0 Å². The number of benzene rings is 3. The number of nitrogens with one attached hydrogen (secondary N) is 2. The van der Waals surface area contributed by atoms with Crippen molar-refractivity contribution in [1.29, 1.82) is 0 Å². The number of hydrogen-bond acceptors (Lipinski definition) is 3. The molecule has 1 amide bonds. The van der Waals surface area contributed by atoms with Crippen LogP contribution in [-0.4, -0.2) is 20.1 Å². The number of anilines is 2. The van der Waals surface area contributed by atoms with Gasteiger partial charge in [0, 0.05) is 38.5 Å². The molecular formula is C29H25BrClN5O. The quantitative estimate of drug-likeness (QED) is 0.222. The van der Waals surface area contributed by atoms with E-state index in [9.17, 15) is 4.79 Å². The SMILES string of the molecule is O=C(Nc1ccc(Cl)cc1)c1c(-c2ccccc2)c2c3n(c(CNc4ccc(Br)cc4)nn13)CCCC2. The first-order chi connectivity index (χ1) is 18.1. The average Bonchev–Trinajstić information content (AvgIpc) is 3.32. The first-order valence-electron chi connectivity index (χ1n) is 12.3. The second-order valence-corrected chi connectivity index (χ2v) is 10.5. The number of aryl methyl sites for hydroxylation is 2. The van der Waals surface area contributed by atoms with Gasteiger partial charge in [0.1, 0.15) is 11.3 Å². The van der Waals surface area contributed by atoms with Crippen molar-refractivity contribution in [3.8, 4) is 11.1 Å². The zero-order valence-electron chi connectivity index (χ0n) is 20.0. The maximum atomic E-state index is 13.8. The van der Waals surface area contributed by atoms with Gasteiger partial charge in [0.15, 0.2) is 5.82 Å². The van der Waals surface area contributed by atoms with E-state index in [0.29, 0.717) is 22.9 Å². The highest BCUT2D eigenvalue weighted by Crippen LogP contribution is 2.37. The number of halogens is 2. The summed E-state index contributed by atoms with van der Waals surface area (Å²) in [6, 6.07) is 25.4. The molecule has 0 radical (unpaired) electrons. The van der Waals surface area contributed by atoms with Gasteiger partial charge >= 0.3 is 0 Å². The molecular weight excluding hydrogens is 550 g/mol. The summed E-state index contributed by atoms with van der Waals surface area (Å²) in [6.07, 6.45) is 3.01. The predicted octanol–water partition coefficient (Wildman–Crippen LogP) is 7.42. The average molecular weight is 575 g/mol. The highest BCUT2D eigenvalue weighted by Gasteiger charge is 2.30. The summed E-state index contributed by atoms with van der Waals surface area (Å²) in [5, 5.41) is 12.2.